The molecule has 6 nitrogen and oxygen atoms in total. The zero-order chi connectivity index (χ0) is 17.5. The van der Waals surface area contributed by atoms with Gasteiger partial charge in [-0.15, -0.1) is 0 Å². The maximum absolute atomic E-state index is 12.0. The zero-order valence-corrected chi connectivity index (χ0v) is 14.6. The van der Waals surface area contributed by atoms with Gasteiger partial charge in [-0.05, 0) is 30.4 Å². The molecule has 1 aliphatic carbocycles. The van der Waals surface area contributed by atoms with Crippen LogP contribution in [0.4, 0.5) is 0 Å². The number of hydrogen-bond acceptors (Lipinski definition) is 6. The Balaban J connectivity index is 0.00000312. The van der Waals surface area contributed by atoms with Crippen molar-refractivity contribution in [3.8, 4) is 5.75 Å². The molecule has 0 amide bonds. The van der Waals surface area contributed by atoms with Crippen LogP contribution in [0.25, 0.3) is 0 Å². The highest BCUT2D eigenvalue weighted by molar-refractivity contribution is 7.71. The van der Waals surface area contributed by atoms with E-state index < -0.39 is 22.6 Å². The van der Waals surface area contributed by atoms with Gasteiger partial charge in [0.05, 0.1) is 25.7 Å². The molecular formula is C17H24MgO6S. The maximum atomic E-state index is 12.0. The molecule has 0 radical (unpaired) electrons. The molecule has 0 aromatic heterocycles. The Morgan fingerprint density at radius 1 is 1.12 bits per heavy atom. The molecule has 1 aromatic rings. The Morgan fingerprint density at radius 3 is 2.36 bits per heavy atom. The van der Waals surface area contributed by atoms with Crippen LogP contribution in [-0.2, 0) is 30.8 Å². The first-order valence-electron chi connectivity index (χ1n) is 8.02. The van der Waals surface area contributed by atoms with Crippen molar-refractivity contribution in [3.05, 3.63) is 29.3 Å². The molecule has 136 valence electrons. The van der Waals surface area contributed by atoms with Gasteiger partial charge < -0.3 is 9.47 Å². The van der Waals surface area contributed by atoms with Gasteiger partial charge in [-0.1, -0.05) is 25.0 Å². The second-order valence-electron chi connectivity index (χ2n) is 5.85. The van der Waals surface area contributed by atoms with Gasteiger partial charge in [-0.25, -0.2) is 8.42 Å². The van der Waals surface area contributed by atoms with Crippen molar-refractivity contribution < 1.29 is 27.5 Å². The maximum Gasteiger partial charge on any atom is 0.316 e. The van der Waals surface area contributed by atoms with E-state index in [9.17, 15) is 18.0 Å². The molecule has 0 saturated heterocycles. The van der Waals surface area contributed by atoms with Gasteiger partial charge in [0.1, 0.15) is 16.5 Å². The number of carbonyl (C=O) groups excluding carboxylic acids is 2. The van der Waals surface area contributed by atoms with E-state index in [1.165, 1.54) is 7.11 Å². The summed E-state index contributed by atoms with van der Waals surface area (Å²) in [6.07, 6.45) is 3.96. The molecule has 1 saturated carbocycles. The SMILES string of the molecule is COC(=O)CCC(=O)Oc1cccc(C[SH](=O)=O)c1C1CCCC1.[MgH2]. The minimum absolute atomic E-state index is 0. The predicted octanol–water partition coefficient (Wildman–Crippen LogP) is 1.40. The van der Waals surface area contributed by atoms with Crippen LogP contribution in [0.3, 0.4) is 0 Å². The first-order chi connectivity index (χ1) is 11.5. The molecule has 1 fully saturated rings. The Kier molecular flexibility index (Phi) is 9.45. The molecule has 0 spiro atoms. The molecule has 25 heavy (non-hydrogen) atoms. The lowest BCUT2D eigenvalue weighted by Crippen LogP contribution is -2.14. The first kappa shape index (κ1) is 21.9. The fourth-order valence-electron chi connectivity index (χ4n) is 3.11. The van der Waals surface area contributed by atoms with Gasteiger partial charge in [-0.3, -0.25) is 9.59 Å². The summed E-state index contributed by atoms with van der Waals surface area (Å²) in [4.78, 5) is 23.1. The topological polar surface area (TPSA) is 86.7 Å². The van der Waals surface area contributed by atoms with Gasteiger partial charge in [0.15, 0.2) is 0 Å². The van der Waals surface area contributed by atoms with E-state index in [-0.39, 0.29) is 47.6 Å². The summed E-state index contributed by atoms with van der Waals surface area (Å²) in [6.45, 7) is 0. The summed E-state index contributed by atoms with van der Waals surface area (Å²) in [5.41, 5.74) is 1.51. The van der Waals surface area contributed by atoms with E-state index in [1.807, 2.05) is 0 Å². The Bertz CT molecular complexity index is 672. The number of ether oxygens (including phenoxy) is 2. The standard InChI is InChI=1S/C17H22O6S.Mg.2H/c1-22-15(18)9-10-16(19)23-14-8-4-7-13(11-24(20)21)17(14)12-5-2-3-6-12;;;/h4,7-8,12,24H,2-3,5-6,9-11H2,1H3;;;. The summed E-state index contributed by atoms with van der Waals surface area (Å²) < 4.78 is 32.3. The molecule has 0 aliphatic heterocycles. The van der Waals surface area contributed by atoms with Gasteiger partial charge in [0, 0.05) is 5.56 Å². The number of benzene rings is 1. The van der Waals surface area contributed by atoms with Crippen LogP contribution in [-0.4, -0.2) is 50.5 Å². The van der Waals surface area contributed by atoms with E-state index in [0.29, 0.717) is 11.3 Å². The van der Waals surface area contributed by atoms with E-state index in [2.05, 4.69) is 4.74 Å². The van der Waals surface area contributed by atoms with Crippen molar-refractivity contribution in [3.63, 3.8) is 0 Å². The van der Waals surface area contributed by atoms with Crippen LogP contribution < -0.4 is 4.74 Å². The molecule has 2 rings (SSSR count). The fraction of sp³-hybridized carbons (Fsp3) is 0.529. The van der Waals surface area contributed by atoms with Crippen LogP contribution in [0.2, 0.25) is 0 Å². The summed E-state index contributed by atoms with van der Waals surface area (Å²) >= 11 is 0. The molecule has 0 heterocycles. The minimum atomic E-state index is -2.56. The highest BCUT2D eigenvalue weighted by atomic mass is 32.2. The van der Waals surface area contributed by atoms with E-state index in [0.717, 1.165) is 31.2 Å². The minimum Gasteiger partial charge on any atom is -0.469 e. The highest BCUT2D eigenvalue weighted by Crippen LogP contribution is 2.41. The Labute approximate surface area is 165 Å². The number of hydrogen-bond donors (Lipinski definition) is 1. The second kappa shape index (κ2) is 10.8. The summed E-state index contributed by atoms with van der Waals surface area (Å²) in [7, 11) is -1.30. The first-order valence-corrected chi connectivity index (χ1v) is 9.38. The van der Waals surface area contributed by atoms with Crippen LogP contribution in [0.1, 0.15) is 55.6 Å². The molecule has 0 atom stereocenters. The van der Waals surface area contributed by atoms with E-state index in [4.69, 9.17) is 4.74 Å². The Hall–Kier alpha value is -1.12. The molecular weight excluding hydrogens is 357 g/mol. The normalized spacial score (nSPS) is 14.2. The fourth-order valence-corrected chi connectivity index (χ4v) is 3.67. The predicted molar refractivity (Wildman–Crippen MR) is 97.1 cm³/mol. The summed E-state index contributed by atoms with van der Waals surface area (Å²) in [5.74, 6) is -0.441. The van der Waals surface area contributed by atoms with Crippen LogP contribution in [0.5, 0.6) is 5.75 Å². The number of rotatable bonds is 7. The molecule has 1 aliphatic rings. The van der Waals surface area contributed by atoms with Crippen molar-refractivity contribution in [2.75, 3.05) is 7.11 Å². The van der Waals surface area contributed by atoms with Crippen molar-refractivity contribution in [2.24, 2.45) is 0 Å². The quantitative estimate of drug-likeness (QED) is 0.333. The third-order valence-corrected chi connectivity index (χ3v) is 4.80. The van der Waals surface area contributed by atoms with Crippen LogP contribution >= 0.6 is 0 Å². The average molecular weight is 381 g/mol. The zero-order valence-electron chi connectivity index (χ0n) is 13.7. The van der Waals surface area contributed by atoms with E-state index >= 15 is 0 Å². The lowest BCUT2D eigenvalue weighted by atomic mass is 9.92. The van der Waals surface area contributed by atoms with Crippen molar-refractivity contribution in [2.45, 2.75) is 50.2 Å². The van der Waals surface area contributed by atoms with Crippen LogP contribution in [0.15, 0.2) is 18.2 Å². The van der Waals surface area contributed by atoms with Crippen molar-refractivity contribution in [1.82, 2.24) is 0 Å². The third kappa shape index (κ3) is 6.60. The Morgan fingerprint density at radius 2 is 1.76 bits per heavy atom. The molecule has 0 N–H and O–H groups in total. The number of carbonyl (C=O) groups is 2. The monoisotopic (exact) mass is 380 g/mol. The second-order valence-corrected chi connectivity index (χ2v) is 6.83. The van der Waals surface area contributed by atoms with Gasteiger partial charge >= 0.3 is 35.0 Å². The average Bonchev–Trinajstić information content (AvgIpc) is 3.06. The summed E-state index contributed by atoms with van der Waals surface area (Å²) in [6, 6.07) is 5.14. The van der Waals surface area contributed by atoms with Gasteiger partial charge in [0.25, 0.3) is 0 Å². The molecule has 1 aromatic carbocycles. The number of methoxy groups -OCH3 is 1. The molecule has 8 heteroatoms. The summed E-state index contributed by atoms with van der Waals surface area (Å²) in [5, 5.41) is 0. The lowest BCUT2D eigenvalue weighted by Gasteiger charge is -2.18. The third-order valence-electron chi connectivity index (χ3n) is 4.20. The number of esters is 2. The van der Waals surface area contributed by atoms with E-state index in [1.54, 1.807) is 18.2 Å². The molecule has 0 unspecified atom stereocenters. The van der Waals surface area contributed by atoms with Crippen molar-refractivity contribution >= 4 is 45.7 Å². The smallest absolute Gasteiger partial charge is 0.316 e. The van der Waals surface area contributed by atoms with Gasteiger partial charge in [-0.2, -0.15) is 0 Å². The number of thiol groups is 1. The van der Waals surface area contributed by atoms with Crippen LogP contribution in [0, 0.1) is 0 Å². The lowest BCUT2D eigenvalue weighted by molar-refractivity contribution is -0.144. The molecule has 0 bridgehead atoms. The van der Waals surface area contributed by atoms with Gasteiger partial charge in [0.2, 0.25) is 0 Å². The highest BCUT2D eigenvalue weighted by Gasteiger charge is 2.25. The largest absolute Gasteiger partial charge is 0.469 e. The van der Waals surface area contributed by atoms with Crippen molar-refractivity contribution in [1.29, 1.82) is 0 Å².